The zero-order valence-corrected chi connectivity index (χ0v) is 14.7. The summed E-state index contributed by atoms with van der Waals surface area (Å²) in [6, 6.07) is 12.8. The summed E-state index contributed by atoms with van der Waals surface area (Å²) in [5.74, 6) is -0.826. The highest BCUT2D eigenvalue weighted by Crippen LogP contribution is 2.20. The first-order valence-corrected chi connectivity index (χ1v) is 8.05. The first-order valence-electron chi connectivity index (χ1n) is 7.68. The predicted octanol–water partition coefficient (Wildman–Crippen LogP) is 4.07. The normalized spacial score (nSPS) is 11.7. The van der Waals surface area contributed by atoms with Gasteiger partial charge in [-0.3, -0.25) is 9.59 Å². The lowest BCUT2D eigenvalue weighted by atomic mass is 10.1. The van der Waals surface area contributed by atoms with Crippen molar-refractivity contribution in [3.8, 4) is 0 Å². The van der Waals surface area contributed by atoms with E-state index in [0.29, 0.717) is 10.7 Å². The van der Waals surface area contributed by atoms with Crippen molar-refractivity contribution >= 4 is 29.2 Å². The first-order chi connectivity index (χ1) is 11.4. The number of amides is 1. The van der Waals surface area contributed by atoms with Crippen LogP contribution in [0.4, 0.5) is 5.69 Å². The molecule has 0 fully saturated rings. The molecule has 126 valence electrons. The van der Waals surface area contributed by atoms with E-state index in [9.17, 15) is 9.59 Å². The highest BCUT2D eigenvalue weighted by atomic mass is 35.5. The fraction of sp³-hybridized carbons (Fsp3) is 0.263. The van der Waals surface area contributed by atoms with Crippen LogP contribution in [0.5, 0.6) is 0 Å². The molecule has 2 rings (SSSR count). The minimum absolute atomic E-state index is 0.139. The highest BCUT2D eigenvalue weighted by Gasteiger charge is 2.19. The zero-order chi connectivity index (χ0) is 17.7. The number of benzene rings is 2. The molecule has 0 saturated heterocycles. The molecule has 1 N–H and O–H groups in total. The molecule has 0 aliphatic carbocycles. The molecule has 0 radical (unpaired) electrons. The van der Waals surface area contributed by atoms with Gasteiger partial charge in [0, 0.05) is 10.7 Å². The number of hydrogen-bond acceptors (Lipinski definition) is 3. The van der Waals surface area contributed by atoms with Gasteiger partial charge in [-0.15, -0.1) is 0 Å². The van der Waals surface area contributed by atoms with Crippen LogP contribution in [0, 0.1) is 13.8 Å². The largest absolute Gasteiger partial charge is 0.452 e. The zero-order valence-electron chi connectivity index (χ0n) is 13.9. The number of hydrogen-bond donors (Lipinski definition) is 1. The SMILES string of the molecule is Cc1ccccc1CC(=O)O[C@H](C)C(=O)Nc1cc(Cl)ccc1C. The Labute approximate surface area is 146 Å². The third-order valence-corrected chi connectivity index (χ3v) is 3.97. The quantitative estimate of drug-likeness (QED) is 0.831. The van der Waals surface area contributed by atoms with E-state index in [0.717, 1.165) is 16.7 Å². The molecule has 2 aromatic carbocycles. The van der Waals surface area contributed by atoms with Crippen molar-refractivity contribution in [1.29, 1.82) is 0 Å². The monoisotopic (exact) mass is 345 g/mol. The minimum Gasteiger partial charge on any atom is -0.452 e. The average molecular weight is 346 g/mol. The van der Waals surface area contributed by atoms with Gasteiger partial charge in [0.1, 0.15) is 0 Å². The summed E-state index contributed by atoms with van der Waals surface area (Å²) in [4.78, 5) is 24.2. The van der Waals surface area contributed by atoms with Crippen LogP contribution in [0.15, 0.2) is 42.5 Å². The van der Waals surface area contributed by atoms with Crippen LogP contribution in [-0.2, 0) is 20.7 Å². The third-order valence-electron chi connectivity index (χ3n) is 3.73. The Morgan fingerprint density at radius 1 is 1.12 bits per heavy atom. The lowest BCUT2D eigenvalue weighted by Crippen LogP contribution is -2.30. The minimum atomic E-state index is -0.889. The number of rotatable bonds is 5. The van der Waals surface area contributed by atoms with Gasteiger partial charge in [-0.25, -0.2) is 0 Å². The fourth-order valence-corrected chi connectivity index (χ4v) is 2.39. The summed E-state index contributed by atoms with van der Waals surface area (Å²) in [6.45, 7) is 5.34. The Morgan fingerprint density at radius 2 is 1.83 bits per heavy atom. The van der Waals surface area contributed by atoms with Crippen molar-refractivity contribution in [2.75, 3.05) is 5.32 Å². The smallest absolute Gasteiger partial charge is 0.311 e. The summed E-state index contributed by atoms with van der Waals surface area (Å²) in [5, 5.41) is 3.26. The van der Waals surface area contributed by atoms with Gasteiger partial charge in [0.15, 0.2) is 6.10 Å². The predicted molar refractivity (Wildman–Crippen MR) is 95.3 cm³/mol. The van der Waals surface area contributed by atoms with E-state index in [1.807, 2.05) is 44.2 Å². The Kier molecular flexibility index (Phi) is 5.99. The van der Waals surface area contributed by atoms with Crippen molar-refractivity contribution in [2.45, 2.75) is 33.3 Å². The van der Waals surface area contributed by atoms with Crippen LogP contribution in [-0.4, -0.2) is 18.0 Å². The van der Waals surface area contributed by atoms with Crippen molar-refractivity contribution in [3.63, 3.8) is 0 Å². The second-order valence-corrected chi connectivity index (χ2v) is 6.12. The summed E-state index contributed by atoms with van der Waals surface area (Å²) in [6.07, 6.45) is -0.750. The Balaban J connectivity index is 1.95. The number of nitrogens with one attached hydrogen (secondary N) is 1. The van der Waals surface area contributed by atoms with E-state index in [4.69, 9.17) is 16.3 Å². The Hall–Kier alpha value is -2.33. The summed E-state index contributed by atoms with van der Waals surface area (Å²) < 4.78 is 5.23. The molecule has 4 nitrogen and oxygen atoms in total. The van der Waals surface area contributed by atoms with Crippen LogP contribution in [0.25, 0.3) is 0 Å². The third kappa shape index (κ3) is 4.83. The lowest BCUT2D eigenvalue weighted by Gasteiger charge is -2.15. The molecule has 0 aromatic heterocycles. The second kappa shape index (κ2) is 7.97. The van der Waals surface area contributed by atoms with Crippen LogP contribution in [0.3, 0.4) is 0 Å². The van der Waals surface area contributed by atoms with Gasteiger partial charge in [-0.2, -0.15) is 0 Å². The Morgan fingerprint density at radius 3 is 2.54 bits per heavy atom. The standard InChI is InChI=1S/C19H20ClNO3/c1-12-6-4-5-7-15(12)10-18(22)24-14(3)19(23)21-17-11-16(20)9-8-13(17)2/h4-9,11,14H,10H2,1-3H3,(H,21,23)/t14-/m1/s1. The number of esters is 1. The fourth-order valence-electron chi connectivity index (χ4n) is 2.22. The molecular weight excluding hydrogens is 326 g/mol. The molecule has 24 heavy (non-hydrogen) atoms. The van der Waals surface area contributed by atoms with Crippen LogP contribution < -0.4 is 5.32 Å². The first kappa shape index (κ1) is 18.0. The number of halogens is 1. The molecule has 1 atom stereocenters. The van der Waals surface area contributed by atoms with Gasteiger partial charge < -0.3 is 10.1 Å². The molecule has 5 heteroatoms. The number of ether oxygens (including phenoxy) is 1. The van der Waals surface area contributed by atoms with E-state index >= 15 is 0 Å². The van der Waals surface area contributed by atoms with Crippen LogP contribution >= 0.6 is 11.6 Å². The molecule has 0 heterocycles. The Bertz CT molecular complexity index is 758. The highest BCUT2D eigenvalue weighted by molar-refractivity contribution is 6.31. The van der Waals surface area contributed by atoms with Crippen LogP contribution in [0.1, 0.15) is 23.6 Å². The van der Waals surface area contributed by atoms with Crippen molar-refractivity contribution < 1.29 is 14.3 Å². The van der Waals surface area contributed by atoms with E-state index in [2.05, 4.69) is 5.32 Å². The molecule has 0 unspecified atom stereocenters. The van der Waals surface area contributed by atoms with E-state index in [-0.39, 0.29) is 6.42 Å². The van der Waals surface area contributed by atoms with Gasteiger partial charge in [0.25, 0.3) is 5.91 Å². The van der Waals surface area contributed by atoms with Gasteiger partial charge >= 0.3 is 5.97 Å². The van der Waals surface area contributed by atoms with E-state index in [1.165, 1.54) is 0 Å². The van der Waals surface area contributed by atoms with E-state index in [1.54, 1.807) is 19.1 Å². The van der Waals surface area contributed by atoms with Crippen molar-refractivity contribution in [2.24, 2.45) is 0 Å². The van der Waals surface area contributed by atoms with E-state index < -0.39 is 18.0 Å². The molecule has 0 saturated carbocycles. The molecule has 0 aliphatic rings. The number of anilines is 1. The molecule has 2 aromatic rings. The number of carbonyl (C=O) groups is 2. The second-order valence-electron chi connectivity index (χ2n) is 5.68. The van der Waals surface area contributed by atoms with Crippen molar-refractivity contribution in [3.05, 3.63) is 64.2 Å². The van der Waals surface area contributed by atoms with Crippen LogP contribution in [0.2, 0.25) is 5.02 Å². The maximum Gasteiger partial charge on any atom is 0.311 e. The molecule has 1 amide bonds. The van der Waals surface area contributed by atoms with Gasteiger partial charge in [-0.05, 0) is 49.6 Å². The lowest BCUT2D eigenvalue weighted by molar-refractivity contribution is -0.152. The molecular formula is C19H20ClNO3. The summed E-state index contributed by atoms with van der Waals surface area (Å²) in [5.41, 5.74) is 3.39. The summed E-state index contributed by atoms with van der Waals surface area (Å²) in [7, 11) is 0. The van der Waals surface area contributed by atoms with Crippen molar-refractivity contribution in [1.82, 2.24) is 0 Å². The molecule has 0 aliphatic heterocycles. The van der Waals surface area contributed by atoms with Gasteiger partial charge in [-0.1, -0.05) is 41.9 Å². The van der Waals surface area contributed by atoms with Gasteiger partial charge in [0.2, 0.25) is 0 Å². The topological polar surface area (TPSA) is 55.4 Å². The summed E-state index contributed by atoms with van der Waals surface area (Å²) >= 11 is 5.93. The molecule has 0 bridgehead atoms. The number of carbonyl (C=O) groups excluding carboxylic acids is 2. The maximum atomic E-state index is 12.2. The maximum absolute atomic E-state index is 12.2. The van der Waals surface area contributed by atoms with Gasteiger partial charge in [0.05, 0.1) is 6.42 Å². The average Bonchev–Trinajstić information content (AvgIpc) is 2.53. The molecule has 0 spiro atoms. The number of aryl methyl sites for hydroxylation is 2.